The maximum absolute atomic E-state index is 12.0. The van der Waals surface area contributed by atoms with Crippen LogP contribution in [0.1, 0.15) is 24.8 Å². The second-order valence-corrected chi connectivity index (χ2v) is 5.92. The summed E-state index contributed by atoms with van der Waals surface area (Å²) in [5.74, 6) is 0.110. The lowest BCUT2D eigenvalue weighted by Crippen LogP contribution is -2.39. The molecule has 1 amide bonds. The van der Waals surface area contributed by atoms with E-state index in [1.807, 2.05) is 24.3 Å². The zero-order valence-electron chi connectivity index (χ0n) is 10.2. The molecule has 1 aromatic carbocycles. The van der Waals surface area contributed by atoms with Crippen molar-refractivity contribution in [2.75, 3.05) is 6.54 Å². The van der Waals surface area contributed by atoms with E-state index in [2.05, 4.69) is 10.6 Å². The summed E-state index contributed by atoms with van der Waals surface area (Å²) in [6.07, 6.45) is 3.55. The van der Waals surface area contributed by atoms with E-state index < -0.39 is 0 Å². The molecule has 1 saturated heterocycles. The van der Waals surface area contributed by atoms with Crippen molar-refractivity contribution in [1.29, 1.82) is 0 Å². The van der Waals surface area contributed by atoms with Gasteiger partial charge >= 0.3 is 0 Å². The van der Waals surface area contributed by atoms with Crippen LogP contribution in [0, 0.1) is 5.41 Å². The van der Waals surface area contributed by atoms with E-state index in [9.17, 15) is 4.79 Å². The first-order valence-electron chi connectivity index (χ1n) is 6.42. The van der Waals surface area contributed by atoms with E-state index in [-0.39, 0.29) is 11.9 Å². The van der Waals surface area contributed by atoms with Crippen molar-refractivity contribution in [2.24, 2.45) is 5.41 Å². The van der Waals surface area contributed by atoms with Gasteiger partial charge in [0.05, 0.1) is 6.04 Å². The Morgan fingerprint density at radius 2 is 2.33 bits per heavy atom. The predicted octanol–water partition coefficient (Wildman–Crippen LogP) is 2.10. The van der Waals surface area contributed by atoms with Gasteiger partial charge in [0.25, 0.3) is 0 Å². The SMILES string of the molecule is O=C(NCc1cccc(Cl)c1)[C@@H]1CC2(CC2)CN1. The normalized spacial score (nSPS) is 24.2. The highest BCUT2D eigenvalue weighted by molar-refractivity contribution is 6.30. The molecule has 0 aromatic heterocycles. The fourth-order valence-corrected chi connectivity index (χ4v) is 2.83. The first kappa shape index (κ1) is 12.0. The van der Waals surface area contributed by atoms with Gasteiger partial charge in [-0.2, -0.15) is 0 Å². The van der Waals surface area contributed by atoms with Crippen molar-refractivity contribution < 1.29 is 4.79 Å². The molecular formula is C14H17ClN2O. The lowest BCUT2D eigenvalue weighted by Gasteiger charge is -2.11. The third-order valence-corrected chi connectivity index (χ3v) is 4.23. The molecule has 0 unspecified atom stereocenters. The average Bonchev–Trinajstić information content (AvgIpc) is 2.97. The van der Waals surface area contributed by atoms with Crippen molar-refractivity contribution >= 4 is 17.5 Å². The minimum Gasteiger partial charge on any atom is -0.351 e. The Labute approximate surface area is 112 Å². The van der Waals surface area contributed by atoms with Crippen LogP contribution in [0.4, 0.5) is 0 Å². The lowest BCUT2D eigenvalue weighted by molar-refractivity contribution is -0.123. The molecule has 1 aromatic rings. The molecule has 1 aliphatic heterocycles. The highest BCUT2D eigenvalue weighted by Gasteiger charge is 2.49. The van der Waals surface area contributed by atoms with Crippen molar-refractivity contribution in [3.63, 3.8) is 0 Å². The van der Waals surface area contributed by atoms with E-state index in [0.717, 1.165) is 18.5 Å². The molecule has 2 N–H and O–H groups in total. The van der Waals surface area contributed by atoms with Crippen LogP contribution in [0.15, 0.2) is 24.3 Å². The molecule has 0 bridgehead atoms. The summed E-state index contributed by atoms with van der Waals surface area (Å²) in [4.78, 5) is 12.0. The Balaban J connectivity index is 1.52. The van der Waals surface area contributed by atoms with Crippen LogP contribution in [0.25, 0.3) is 0 Å². The number of amides is 1. The van der Waals surface area contributed by atoms with Gasteiger partial charge in [0, 0.05) is 18.1 Å². The second-order valence-electron chi connectivity index (χ2n) is 5.49. The van der Waals surface area contributed by atoms with Gasteiger partial charge in [0.2, 0.25) is 5.91 Å². The molecule has 1 atom stereocenters. The van der Waals surface area contributed by atoms with Crippen molar-refractivity contribution in [1.82, 2.24) is 10.6 Å². The monoisotopic (exact) mass is 264 g/mol. The molecule has 3 nitrogen and oxygen atoms in total. The Morgan fingerprint density at radius 1 is 1.50 bits per heavy atom. The minimum atomic E-state index is -0.00770. The molecular weight excluding hydrogens is 248 g/mol. The van der Waals surface area contributed by atoms with E-state index in [4.69, 9.17) is 11.6 Å². The molecule has 2 fully saturated rings. The smallest absolute Gasteiger partial charge is 0.237 e. The Bertz CT molecular complexity index is 471. The van der Waals surface area contributed by atoms with Crippen molar-refractivity contribution in [3.05, 3.63) is 34.9 Å². The molecule has 0 radical (unpaired) electrons. The zero-order chi connectivity index (χ0) is 12.6. The molecule has 4 heteroatoms. The van der Waals surface area contributed by atoms with E-state index in [0.29, 0.717) is 17.0 Å². The maximum atomic E-state index is 12.0. The number of hydrogen-bond donors (Lipinski definition) is 2. The fraction of sp³-hybridized carbons (Fsp3) is 0.500. The topological polar surface area (TPSA) is 41.1 Å². The highest BCUT2D eigenvalue weighted by atomic mass is 35.5. The van der Waals surface area contributed by atoms with Gasteiger partial charge in [-0.3, -0.25) is 4.79 Å². The van der Waals surface area contributed by atoms with Crippen LogP contribution >= 0.6 is 11.6 Å². The van der Waals surface area contributed by atoms with Gasteiger partial charge < -0.3 is 10.6 Å². The lowest BCUT2D eigenvalue weighted by atomic mass is 10.0. The first-order valence-corrected chi connectivity index (χ1v) is 6.80. The summed E-state index contributed by atoms with van der Waals surface area (Å²) in [5, 5.41) is 7.00. The third kappa shape index (κ3) is 2.52. The molecule has 1 heterocycles. The van der Waals surface area contributed by atoms with Crippen molar-refractivity contribution in [2.45, 2.75) is 31.8 Å². The van der Waals surface area contributed by atoms with E-state index in [1.54, 1.807) is 0 Å². The Morgan fingerprint density at radius 3 is 3.00 bits per heavy atom. The summed E-state index contributed by atoms with van der Waals surface area (Å²) in [7, 11) is 0. The molecule has 1 aliphatic carbocycles. The minimum absolute atomic E-state index is 0.00770. The number of carbonyl (C=O) groups excluding carboxylic acids is 1. The summed E-state index contributed by atoms with van der Waals surface area (Å²) >= 11 is 5.91. The van der Waals surface area contributed by atoms with Crippen LogP contribution in [0.3, 0.4) is 0 Å². The molecule has 1 spiro atoms. The average molecular weight is 265 g/mol. The van der Waals surface area contributed by atoms with Gasteiger partial charge in [-0.25, -0.2) is 0 Å². The molecule has 3 rings (SSSR count). The summed E-state index contributed by atoms with van der Waals surface area (Å²) in [6.45, 7) is 1.55. The quantitative estimate of drug-likeness (QED) is 0.878. The molecule has 96 valence electrons. The van der Waals surface area contributed by atoms with Gasteiger partial charge in [0.1, 0.15) is 0 Å². The van der Waals surface area contributed by atoms with Gasteiger partial charge in [0.15, 0.2) is 0 Å². The Kier molecular flexibility index (Phi) is 3.04. The van der Waals surface area contributed by atoms with Gasteiger partial charge in [-0.05, 0) is 42.4 Å². The maximum Gasteiger partial charge on any atom is 0.237 e. The molecule has 18 heavy (non-hydrogen) atoms. The van der Waals surface area contributed by atoms with Crippen LogP contribution in [-0.2, 0) is 11.3 Å². The van der Waals surface area contributed by atoms with Crippen LogP contribution in [0.5, 0.6) is 0 Å². The number of carbonyl (C=O) groups is 1. The number of hydrogen-bond acceptors (Lipinski definition) is 2. The third-order valence-electron chi connectivity index (χ3n) is 3.99. The first-order chi connectivity index (χ1) is 8.67. The van der Waals surface area contributed by atoms with Crippen LogP contribution < -0.4 is 10.6 Å². The largest absolute Gasteiger partial charge is 0.351 e. The Hall–Kier alpha value is -1.06. The number of benzene rings is 1. The summed E-state index contributed by atoms with van der Waals surface area (Å²) in [5.41, 5.74) is 1.49. The molecule has 2 aliphatic rings. The molecule has 1 saturated carbocycles. The fourth-order valence-electron chi connectivity index (χ4n) is 2.62. The van der Waals surface area contributed by atoms with Gasteiger partial charge in [-0.1, -0.05) is 23.7 Å². The van der Waals surface area contributed by atoms with Gasteiger partial charge in [-0.15, -0.1) is 0 Å². The van der Waals surface area contributed by atoms with Crippen LogP contribution in [-0.4, -0.2) is 18.5 Å². The van der Waals surface area contributed by atoms with Crippen LogP contribution in [0.2, 0.25) is 5.02 Å². The van der Waals surface area contributed by atoms with E-state index >= 15 is 0 Å². The number of nitrogens with one attached hydrogen (secondary N) is 2. The zero-order valence-corrected chi connectivity index (χ0v) is 11.0. The summed E-state index contributed by atoms with van der Waals surface area (Å²) < 4.78 is 0. The summed E-state index contributed by atoms with van der Waals surface area (Å²) in [6, 6.07) is 7.58. The standard InChI is InChI=1S/C14H17ClN2O/c15-11-3-1-2-10(6-11)8-16-13(18)12-7-14(4-5-14)9-17-12/h1-3,6,12,17H,4-5,7-9H2,(H,16,18)/t12-/m0/s1. The highest BCUT2D eigenvalue weighted by Crippen LogP contribution is 2.51. The van der Waals surface area contributed by atoms with Crippen molar-refractivity contribution in [3.8, 4) is 0 Å². The number of rotatable bonds is 3. The van der Waals surface area contributed by atoms with E-state index in [1.165, 1.54) is 12.8 Å². The number of halogens is 1. The second kappa shape index (κ2) is 4.56. The predicted molar refractivity (Wildman–Crippen MR) is 71.4 cm³/mol.